The molecule has 0 bridgehead atoms. The van der Waals surface area contributed by atoms with Crippen molar-refractivity contribution in [3.8, 4) is 5.69 Å². The number of para-hydroxylation sites is 1. The summed E-state index contributed by atoms with van der Waals surface area (Å²) in [4.78, 5) is 12.4. The van der Waals surface area contributed by atoms with Crippen LogP contribution in [0.3, 0.4) is 0 Å². The molecule has 0 atom stereocenters. The van der Waals surface area contributed by atoms with Gasteiger partial charge in [0.2, 0.25) is 0 Å². The van der Waals surface area contributed by atoms with E-state index in [1.54, 1.807) is 6.33 Å². The van der Waals surface area contributed by atoms with Crippen LogP contribution >= 0.6 is 0 Å². The number of rotatable bonds is 2. The molecular formula is C12H10N6. The van der Waals surface area contributed by atoms with Gasteiger partial charge in [-0.05, 0) is 12.1 Å². The minimum Gasteiger partial charge on any atom is -0.382 e. The number of fused-ring (bicyclic) bond motifs is 1. The quantitative estimate of drug-likeness (QED) is 0.516. The Balaban J connectivity index is 2.28. The standard InChI is InChI=1S/C12H10N6/c13-11(14)9-10-12(16-6-15-9)18(7-17-10)8-4-2-1-3-5-8/h1-7H,(H3,13,14). The van der Waals surface area contributed by atoms with Gasteiger partial charge < -0.3 is 5.73 Å². The van der Waals surface area contributed by atoms with E-state index in [1.165, 1.54) is 6.33 Å². The van der Waals surface area contributed by atoms with E-state index in [9.17, 15) is 0 Å². The molecule has 18 heavy (non-hydrogen) atoms. The average Bonchev–Trinajstić information content (AvgIpc) is 2.83. The van der Waals surface area contributed by atoms with Crippen molar-refractivity contribution < 1.29 is 0 Å². The van der Waals surface area contributed by atoms with Crippen LogP contribution in [-0.2, 0) is 0 Å². The summed E-state index contributed by atoms with van der Waals surface area (Å²) in [6.07, 6.45) is 3.04. The van der Waals surface area contributed by atoms with E-state index in [0.29, 0.717) is 16.9 Å². The SMILES string of the molecule is N=C(N)c1ncnc2c1ncn2-c1ccccc1. The number of nitrogens with two attached hydrogens (primary N) is 1. The third-order valence-corrected chi connectivity index (χ3v) is 2.62. The number of nitrogen functional groups attached to an aromatic ring is 1. The highest BCUT2D eigenvalue weighted by atomic mass is 15.1. The molecule has 88 valence electrons. The molecule has 3 aromatic rings. The van der Waals surface area contributed by atoms with E-state index in [-0.39, 0.29) is 5.84 Å². The summed E-state index contributed by atoms with van der Waals surface area (Å²) >= 11 is 0. The third-order valence-electron chi connectivity index (χ3n) is 2.62. The fourth-order valence-corrected chi connectivity index (χ4v) is 1.81. The van der Waals surface area contributed by atoms with Crippen molar-refractivity contribution in [2.45, 2.75) is 0 Å². The number of aromatic nitrogens is 4. The molecule has 0 unspecified atom stereocenters. The van der Waals surface area contributed by atoms with E-state index in [2.05, 4.69) is 15.0 Å². The molecule has 0 aliphatic rings. The van der Waals surface area contributed by atoms with Crippen LogP contribution in [0, 0.1) is 5.41 Å². The predicted molar refractivity (Wildman–Crippen MR) is 67.7 cm³/mol. The number of imidazole rings is 1. The van der Waals surface area contributed by atoms with Gasteiger partial charge in [0.1, 0.15) is 29.7 Å². The van der Waals surface area contributed by atoms with Crippen LogP contribution in [0.4, 0.5) is 0 Å². The maximum Gasteiger partial charge on any atom is 0.168 e. The van der Waals surface area contributed by atoms with Crippen LogP contribution in [-0.4, -0.2) is 25.4 Å². The molecule has 6 nitrogen and oxygen atoms in total. The van der Waals surface area contributed by atoms with Crippen molar-refractivity contribution in [1.29, 1.82) is 5.41 Å². The van der Waals surface area contributed by atoms with Gasteiger partial charge >= 0.3 is 0 Å². The molecule has 0 saturated heterocycles. The van der Waals surface area contributed by atoms with Gasteiger partial charge in [-0.3, -0.25) is 9.98 Å². The lowest BCUT2D eigenvalue weighted by atomic mass is 10.3. The summed E-state index contributed by atoms with van der Waals surface area (Å²) in [5.74, 6) is -0.110. The number of benzene rings is 1. The number of hydrogen-bond acceptors (Lipinski definition) is 4. The zero-order valence-corrected chi connectivity index (χ0v) is 9.41. The number of nitrogens with zero attached hydrogens (tertiary/aromatic N) is 4. The van der Waals surface area contributed by atoms with E-state index in [1.807, 2.05) is 34.9 Å². The molecule has 3 rings (SSSR count). The lowest BCUT2D eigenvalue weighted by Crippen LogP contribution is -2.14. The Morgan fingerprint density at radius 2 is 1.89 bits per heavy atom. The van der Waals surface area contributed by atoms with Crippen molar-refractivity contribution in [3.05, 3.63) is 48.7 Å². The van der Waals surface area contributed by atoms with Crippen molar-refractivity contribution in [1.82, 2.24) is 19.5 Å². The first kappa shape index (κ1) is 10.4. The molecular weight excluding hydrogens is 228 g/mol. The van der Waals surface area contributed by atoms with Crippen molar-refractivity contribution in [2.75, 3.05) is 0 Å². The zero-order chi connectivity index (χ0) is 12.5. The second kappa shape index (κ2) is 3.92. The van der Waals surface area contributed by atoms with Crippen LogP contribution in [0.5, 0.6) is 0 Å². The molecule has 6 heteroatoms. The molecule has 2 heterocycles. The van der Waals surface area contributed by atoms with E-state index in [4.69, 9.17) is 11.1 Å². The lowest BCUT2D eigenvalue weighted by molar-refractivity contribution is 1.06. The molecule has 3 N–H and O–H groups in total. The number of amidine groups is 1. The van der Waals surface area contributed by atoms with Crippen LogP contribution < -0.4 is 5.73 Å². The molecule has 0 radical (unpaired) electrons. The average molecular weight is 238 g/mol. The van der Waals surface area contributed by atoms with Gasteiger partial charge in [-0.1, -0.05) is 18.2 Å². The minimum absolute atomic E-state index is 0.110. The first-order chi connectivity index (χ1) is 8.77. The molecule has 1 aromatic carbocycles. The van der Waals surface area contributed by atoms with Gasteiger partial charge in [0.05, 0.1) is 0 Å². The summed E-state index contributed by atoms with van der Waals surface area (Å²) in [5.41, 5.74) is 7.96. The third kappa shape index (κ3) is 1.51. The van der Waals surface area contributed by atoms with Gasteiger partial charge in [-0.25, -0.2) is 15.0 Å². The first-order valence-corrected chi connectivity index (χ1v) is 5.35. The van der Waals surface area contributed by atoms with E-state index >= 15 is 0 Å². The van der Waals surface area contributed by atoms with E-state index in [0.717, 1.165) is 5.69 Å². The molecule has 0 aliphatic carbocycles. The van der Waals surface area contributed by atoms with Crippen molar-refractivity contribution in [3.63, 3.8) is 0 Å². The van der Waals surface area contributed by atoms with Crippen molar-refractivity contribution in [2.24, 2.45) is 5.73 Å². The second-order valence-electron chi connectivity index (χ2n) is 3.76. The predicted octanol–water partition coefficient (Wildman–Crippen LogP) is 1.10. The fraction of sp³-hybridized carbons (Fsp3) is 0. The molecule has 0 aliphatic heterocycles. The summed E-state index contributed by atoms with van der Waals surface area (Å²) in [6.45, 7) is 0. The highest BCUT2D eigenvalue weighted by Crippen LogP contribution is 2.17. The molecule has 0 fully saturated rings. The highest BCUT2D eigenvalue weighted by molar-refractivity contribution is 6.02. The van der Waals surface area contributed by atoms with Gasteiger partial charge in [0, 0.05) is 5.69 Å². The Bertz CT molecular complexity index is 716. The molecule has 0 spiro atoms. The van der Waals surface area contributed by atoms with Crippen molar-refractivity contribution >= 4 is 17.0 Å². The Kier molecular flexibility index (Phi) is 2.26. The van der Waals surface area contributed by atoms with Crippen LogP contribution in [0.2, 0.25) is 0 Å². The molecule has 2 aromatic heterocycles. The number of nitrogens with one attached hydrogen (secondary N) is 1. The van der Waals surface area contributed by atoms with Crippen LogP contribution in [0.1, 0.15) is 5.69 Å². The Morgan fingerprint density at radius 3 is 2.61 bits per heavy atom. The smallest absolute Gasteiger partial charge is 0.168 e. The second-order valence-corrected chi connectivity index (χ2v) is 3.76. The molecule has 0 saturated carbocycles. The zero-order valence-electron chi connectivity index (χ0n) is 9.41. The fourth-order valence-electron chi connectivity index (χ4n) is 1.81. The maximum absolute atomic E-state index is 7.47. The maximum atomic E-state index is 7.47. The van der Waals surface area contributed by atoms with Gasteiger partial charge in [-0.2, -0.15) is 0 Å². The van der Waals surface area contributed by atoms with Crippen LogP contribution in [0.15, 0.2) is 43.0 Å². The lowest BCUT2D eigenvalue weighted by Gasteiger charge is -2.03. The minimum atomic E-state index is -0.110. The monoisotopic (exact) mass is 238 g/mol. The largest absolute Gasteiger partial charge is 0.382 e. The first-order valence-electron chi connectivity index (χ1n) is 5.35. The topological polar surface area (TPSA) is 93.5 Å². The normalized spacial score (nSPS) is 10.7. The Labute approximate surface area is 103 Å². The Morgan fingerprint density at radius 1 is 1.11 bits per heavy atom. The van der Waals surface area contributed by atoms with E-state index < -0.39 is 0 Å². The summed E-state index contributed by atoms with van der Waals surface area (Å²) in [6, 6.07) is 9.73. The summed E-state index contributed by atoms with van der Waals surface area (Å²) in [5, 5.41) is 7.47. The summed E-state index contributed by atoms with van der Waals surface area (Å²) in [7, 11) is 0. The van der Waals surface area contributed by atoms with Gasteiger partial charge in [-0.15, -0.1) is 0 Å². The molecule has 0 amide bonds. The summed E-state index contributed by atoms with van der Waals surface area (Å²) < 4.78 is 1.84. The Hall–Kier alpha value is -2.76. The number of hydrogen-bond donors (Lipinski definition) is 2. The van der Waals surface area contributed by atoms with Gasteiger partial charge in [0.15, 0.2) is 5.65 Å². The van der Waals surface area contributed by atoms with Gasteiger partial charge in [0.25, 0.3) is 0 Å². The highest BCUT2D eigenvalue weighted by Gasteiger charge is 2.12. The van der Waals surface area contributed by atoms with Crippen LogP contribution in [0.25, 0.3) is 16.9 Å².